The number of rotatable bonds is 7. The summed E-state index contributed by atoms with van der Waals surface area (Å²) in [5.41, 5.74) is 1.92. The molecule has 1 atom stereocenters. The highest BCUT2D eigenvalue weighted by molar-refractivity contribution is 7.13. The number of carbonyl (C=O) groups is 1. The van der Waals surface area contributed by atoms with Gasteiger partial charge in [0.15, 0.2) is 0 Å². The van der Waals surface area contributed by atoms with Gasteiger partial charge in [0, 0.05) is 12.8 Å². The maximum atomic E-state index is 12.3. The van der Waals surface area contributed by atoms with Gasteiger partial charge in [-0.3, -0.25) is 4.79 Å². The first-order valence-corrected chi connectivity index (χ1v) is 9.68. The summed E-state index contributed by atoms with van der Waals surface area (Å²) in [6.07, 6.45) is 3.82. The van der Waals surface area contributed by atoms with Crippen molar-refractivity contribution in [3.8, 4) is 16.4 Å². The minimum absolute atomic E-state index is 0.0660. The Morgan fingerprint density at radius 3 is 2.86 bits per heavy atom. The van der Waals surface area contributed by atoms with Gasteiger partial charge in [0.05, 0.1) is 16.6 Å². The lowest BCUT2D eigenvalue weighted by molar-refractivity contribution is -0.121. The zero-order valence-electron chi connectivity index (χ0n) is 15.1. The molecule has 0 saturated heterocycles. The molecule has 3 aromatic heterocycles. The van der Waals surface area contributed by atoms with Gasteiger partial charge >= 0.3 is 0 Å². The van der Waals surface area contributed by atoms with E-state index in [4.69, 9.17) is 4.52 Å². The van der Waals surface area contributed by atoms with E-state index in [0.29, 0.717) is 18.1 Å². The molecule has 1 amide bonds. The smallest absolute Gasteiger partial charge is 0.227 e. The third-order valence-electron chi connectivity index (χ3n) is 4.23. The Bertz CT molecular complexity index is 1030. The SMILES string of the molecule is C[C@@H](NC(=O)CCc1nc(-c2cccs2)no1)c1ccc(-n2cncn2)cc1. The Hall–Kier alpha value is -3.33. The summed E-state index contributed by atoms with van der Waals surface area (Å²) < 4.78 is 6.91. The van der Waals surface area contributed by atoms with E-state index in [-0.39, 0.29) is 18.4 Å². The molecule has 0 fully saturated rings. The molecule has 8 nitrogen and oxygen atoms in total. The molecule has 3 heterocycles. The Morgan fingerprint density at radius 1 is 1.29 bits per heavy atom. The second kappa shape index (κ2) is 8.13. The van der Waals surface area contributed by atoms with E-state index < -0.39 is 0 Å². The minimum Gasteiger partial charge on any atom is -0.350 e. The van der Waals surface area contributed by atoms with Crippen molar-refractivity contribution in [1.82, 2.24) is 30.2 Å². The third kappa shape index (κ3) is 4.15. The maximum Gasteiger partial charge on any atom is 0.227 e. The van der Waals surface area contributed by atoms with Crippen molar-refractivity contribution in [2.75, 3.05) is 0 Å². The molecular weight excluding hydrogens is 376 g/mol. The first-order valence-electron chi connectivity index (χ1n) is 8.80. The van der Waals surface area contributed by atoms with Crippen molar-refractivity contribution in [2.24, 2.45) is 0 Å². The molecule has 28 heavy (non-hydrogen) atoms. The van der Waals surface area contributed by atoms with Gasteiger partial charge in [-0.15, -0.1) is 11.3 Å². The van der Waals surface area contributed by atoms with Crippen LogP contribution in [0.5, 0.6) is 0 Å². The average Bonchev–Trinajstić information content (AvgIpc) is 3.49. The van der Waals surface area contributed by atoms with E-state index in [9.17, 15) is 4.79 Å². The lowest BCUT2D eigenvalue weighted by Gasteiger charge is -2.14. The fourth-order valence-corrected chi connectivity index (χ4v) is 3.39. The predicted octanol–water partition coefficient (Wildman–Crippen LogP) is 3.19. The quantitative estimate of drug-likeness (QED) is 0.517. The van der Waals surface area contributed by atoms with Crippen LogP contribution < -0.4 is 5.32 Å². The van der Waals surface area contributed by atoms with Crippen LogP contribution in [0.2, 0.25) is 0 Å². The predicted molar refractivity (Wildman–Crippen MR) is 104 cm³/mol. The number of amides is 1. The second-order valence-electron chi connectivity index (χ2n) is 6.21. The number of thiophene rings is 1. The molecular formula is C19H18N6O2S. The summed E-state index contributed by atoms with van der Waals surface area (Å²) in [5, 5.41) is 13.0. The molecule has 1 N–H and O–H groups in total. The first-order chi connectivity index (χ1) is 13.7. The van der Waals surface area contributed by atoms with Crippen LogP contribution in [-0.2, 0) is 11.2 Å². The van der Waals surface area contributed by atoms with Crippen LogP contribution in [0.4, 0.5) is 0 Å². The summed E-state index contributed by atoms with van der Waals surface area (Å²) in [4.78, 5) is 21.5. The number of aryl methyl sites for hydroxylation is 1. The zero-order valence-corrected chi connectivity index (χ0v) is 16.0. The lowest BCUT2D eigenvalue weighted by Crippen LogP contribution is -2.26. The van der Waals surface area contributed by atoms with Crippen molar-refractivity contribution in [2.45, 2.75) is 25.8 Å². The number of nitrogens with one attached hydrogen (secondary N) is 1. The highest BCUT2D eigenvalue weighted by atomic mass is 32.1. The van der Waals surface area contributed by atoms with E-state index in [1.165, 1.54) is 6.33 Å². The van der Waals surface area contributed by atoms with Crippen LogP contribution in [-0.4, -0.2) is 30.8 Å². The number of hydrogen-bond donors (Lipinski definition) is 1. The van der Waals surface area contributed by atoms with Gasteiger partial charge in [-0.2, -0.15) is 10.1 Å². The Labute approximate surface area is 165 Å². The van der Waals surface area contributed by atoms with E-state index in [2.05, 4.69) is 25.5 Å². The molecule has 142 valence electrons. The van der Waals surface area contributed by atoms with Gasteiger partial charge in [0.1, 0.15) is 12.7 Å². The summed E-state index contributed by atoms with van der Waals surface area (Å²) in [7, 11) is 0. The van der Waals surface area contributed by atoms with Crippen molar-refractivity contribution < 1.29 is 9.32 Å². The summed E-state index contributed by atoms with van der Waals surface area (Å²) in [5.74, 6) is 0.957. The van der Waals surface area contributed by atoms with Crippen LogP contribution in [0.15, 0.2) is 59.0 Å². The Kier molecular flexibility index (Phi) is 5.24. The second-order valence-corrected chi connectivity index (χ2v) is 7.16. The number of nitrogens with zero attached hydrogens (tertiary/aromatic N) is 5. The molecule has 1 aromatic carbocycles. The standard InChI is InChI=1S/C19H18N6O2S/c1-13(14-4-6-15(7-5-14)25-12-20-11-21-25)22-17(26)8-9-18-23-19(24-27-18)16-3-2-10-28-16/h2-7,10-13H,8-9H2,1H3,(H,22,26)/t13-/m1/s1. The molecule has 4 aromatic rings. The fraction of sp³-hybridized carbons (Fsp3) is 0.211. The monoisotopic (exact) mass is 394 g/mol. The van der Waals surface area contributed by atoms with Gasteiger partial charge in [-0.25, -0.2) is 9.67 Å². The molecule has 0 bridgehead atoms. The van der Waals surface area contributed by atoms with Crippen molar-refractivity contribution >= 4 is 17.2 Å². The van der Waals surface area contributed by atoms with Crippen LogP contribution in [0.1, 0.15) is 30.8 Å². The lowest BCUT2D eigenvalue weighted by atomic mass is 10.1. The van der Waals surface area contributed by atoms with E-state index >= 15 is 0 Å². The molecule has 0 unspecified atom stereocenters. The van der Waals surface area contributed by atoms with Crippen molar-refractivity contribution in [1.29, 1.82) is 0 Å². The zero-order chi connectivity index (χ0) is 19.3. The van der Waals surface area contributed by atoms with Gasteiger partial charge in [-0.1, -0.05) is 23.4 Å². The summed E-state index contributed by atoms with van der Waals surface area (Å²) >= 11 is 1.55. The molecule has 0 aliphatic heterocycles. The molecule has 0 aliphatic rings. The third-order valence-corrected chi connectivity index (χ3v) is 5.10. The van der Waals surface area contributed by atoms with Crippen molar-refractivity contribution in [3.05, 3.63) is 65.9 Å². The molecule has 0 saturated carbocycles. The molecule has 0 radical (unpaired) electrons. The van der Waals surface area contributed by atoms with Gasteiger partial charge in [0.25, 0.3) is 0 Å². The van der Waals surface area contributed by atoms with E-state index in [1.54, 1.807) is 22.3 Å². The summed E-state index contributed by atoms with van der Waals surface area (Å²) in [6.45, 7) is 1.95. The topological polar surface area (TPSA) is 98.7 Å². The fourth-order valence-electron chi connectivity index (χ4n) is 2.74. The normalized spacial score (nSPS) is 12.0. The largest absolute Gasteiger partial charge is 0.350 e. The van der Waals surface area contributed by atoms with Gasteiger partial charge in [-0.05, 0) is 36.1 Å². The number of carbonyl (C=O) groups excluding carboxylic acids is 1. The van der Waals surface area contributed by atoms with E-state index in [0.717, 1.165) is 16.1 Å². The highest BCUT2D eigenvalue weighted by Gasteiger charge is 2.13. The highest BCUT2D eigenvalue weighted by Crippen LogP contribution is 2.21. The first kappa shape index (κ1) is 18.1. The number of benzene rings is 1. The average molecular weight is 394 g/mol. The van der Waals surface area contributed by atoms with Crippen LogP contribution >= 0.6 is 11.3 Å². The van der Waals surface area contributed by atoms with Crippen LogP contribution in [0.3, 0.4) is 0 Å². The molecule has 0 aliphatic carbocycles. The van der Waals surface area contributed by atoms with Gasteiger partial charge < -0.3 is 9.84 Å². The van der Waals surface area contributed by atoms with Crippen LogP contribution in [0, 0.1) is 0 Å². The molecule has 4 rings (SSSR count). The number of aromatic nitrogens is 5. The minimum atomic E-state index is -0.110. The number of hydrogen-bond acceptors (Lipinski definition) is 7. The van der Waals surface area contributed by atoms with E-state index in [1.807, 2.05) is 48.7 Å². The molecule has 0 spiro atoms. The Morgan fingerprint density at radius 2 is 2.14 bits per heavy atom. The van der Waals surface area contributed by atoms with Gasteiger partial charge in [0.2, 0.25) is 17.6 Å². The maximum absolute atomic E-state index is 12.3. The Balaban J connectivity index is 1.30. The van der Waals surface area contributed by atoms with Crippen molar-refractivity contribution in [3.63, 3.8) is 0 Å². The van der Waals surface area contributed by atoms with Crippen LogP contribution in [0.25, 0.3) is 16.4 Å². The molecule has 9 heteroatoms. The summed E-state index contributed by atoms with van der Waals surface area (Å²) in [6, 6.07) is 11.6.